The summed E-state index contributed by atoms with van der Waals surface area (Å²) in [5, 5.41) is 0. The average Bonchev–Trinajstić information content (AvgIpc) is 2.58. The highest BCUT2D eigenvalue weighted by molar-refractivity contribution is 14.1. The molecule has 25 heavy (non-hydrogen) atoms. The highest BCUT2D eigenvalue weighted by Gasteiger charge is 2.44. The fourth-order valence-corrected chi connectivity index (χ4v) is 2.84. The van der Waals surface area contributed by atoms with E-state index in [1.807, 2.05) is 22.6 Å². The predicted molar refractivity (Wildman–Crippen MR) is 95.5 cm³/mol. The first-order valence-corrected chi connectivity index (χ1v) is 8.48. The summed E-state index contributed by atoms with van der Waals surface area (Å²) in [6.45, 7) is 0.998. The molecule has 134 valence electrons. The van der Waals surface area contributed by atoms with Gasteiger partial charge in [-0.3, -0.25) is 0 Å². The second-order valence-electron chi connectivity index (χ2n) is 5.41. The maximum Gasteiger partial charge on any atom is 0.395 e. The van der Waals surface area contributed by atoms with Crippen molar-refractivity contribution in [1.29, 1.82) is 0 Å². The van der Waals surface area contributed by atoms with E-state index in [1.54, 1.807) is 18.2 Å². The summed E-state index contributed by atoms with van der Waals surface area (Å²) in [4.78, 5) is 12.4. The molecule has 2 aromatic rings. The SMILES string of the molecule is COc1ccc(C(OC(=O)c2ccccc2I)C(C)C(F)(F)F)cc1. The molecule has 7 heteroatoms. The van der Waals surface area contributed by atoms with Crippen LogP contribution in [0, 0.1) is 9.49 Å². The van der Waals surface area contributed by atoms with Crippen LogP contribution < -0.4 is 4.74 Å². The first kappa shape index (κ1) is 19.6. The second-order valence-corrected chi connectivity index (χ2v) is 6.57. The van der Waals surface area contributed by atoms with Crippen LogP contribution in [0.3, 0.4) is 0 Å². The number of ether oxygens (including phenoxy) is 2. The van der Waals surface area contributed by atoms with Crippen LogP contribution in [0.4, 0.5) is 13.2 Å². The van der Waals surface area contributed by atoms with Crippen LogP contribution >= 0.6 is 22.6 Å². The minimum absolute atomic E-state index is 0.232. The lowest BCUT2D eigenvalue weighted by atomic mass is 9.96. The molecule has 2 unspecified atom stereocenters. The lowest BCUT2D eigenvalue weighted by molar-refractivity contribution is -0.195. The summed E-state index contributed by atoms with van der Waals surface area (Å²) < 4.78 is 50.6. The molecule has 0 aliphatic rings. The number of carbonyl (C=O) groups is 1. The number of alkyl halides is 3. The summed E-state index contributed by atoms with van der Waals surface area (Å²) in [5.74, 6) is -2.14. The van der Waals surface area contributed by atoms with Crippen molar-refractivity contribution in [3.8, 4) is 5.75 Å². The van der Waals surface area contributed by atoms with Gasteiger partial charge in [0.05, 0.1) is 18.6 Å². The number of rotatable bonds is 5. The van der Waals surface area contributed by atoms with E-state index in [2.05, 4.69) is 0 Å². The van der Waals surface area contributed by atoms with Crippen LogP contribution in [0.25, 0.3) is 0 Å². The van der Waals surface area contributed by atoms with Gasteiger partial charge in [0.2, 0.25) is 0 Å². The maximum atomic E-state index is 13.2. The van der Waals surface area contributed by atoms with Gasteiger partial charge in [-0.15, -0.1) is 0 Å². The van der Waals surface area contributed by atoms with Crippen LogP contribution in [0.15, 0.2) is 48.5 Å². The second kappa shape index (κ2) is 8.07. The van der Waals surface area contributed by atoms with E-state index >= 15 is 0 Å². The molecule has 0 saturated heterocycles. The van der Waals surface area contributed by atoms with Gasteiger partial charge in [0, 0.05) is 3.57 Å². The summed E-state index contributed by atoms with van der Waals surface area (Å²) >= 11 is 1.94. The highest BCUT2D eigenvalue weighted by Crippen LogP contribution is 2.39. The Balaban J connectivity index is 2.34. The van der Waals surface area contributed by atoms with Gasteiger partial charge < -0.3 is 9.47 Å². The molecule has 0 fully saturated rings. The fraction of sp³-hybridized carbons (Fsp3) is 0.278. The Kier molecular flexibility index (Phi) is 6.31. The third-order valence-corrected chi connectivity index (χ3v) is 4.68. The molecular formula is C18H16F3IO3. The van der Waals surface area contributed by atoms with Crippen molar-refractivity contribution in [1.82, 2.24) is 0 Å². The predicted octanol–water partition coefficient (Wildman–Crippen LogP) is 5.40. The molecular weight excluding hydrogens is 448 g/mol. The monoisotopic (exact) mass is 464 g/mol. The molecule has 2 rings (SSSR count). The number of carbonyl (C=O) groups excluding carboxylic acids is 1. The van der Waals surface area contributed by atoms with Crippen molar-refractivity contribution in [2.24, 2.45) is 5.92 Å². The van der Waals surface area contributed by atoms with E-state index in [0.717, 1.165) is 6.92 Å². The van der Waals surface area contributed by atoms with Crippen LogP contribution in [-0.4, -0.2) is 19.3 Å². The van der Waals surface area contributed by atoms with Crippen molar-refractivity contribution >= 4 is 28.6 Å². The van der Waals surface area contributed by atoms with Crippen molar-refractivity contribution in [3.63, 3.8) is 0 Å². The minimum atomic E-state index is -4.51. The maximum absolute atomic E-state index is 13.2. The molecule has 0 aliphatic carbocycles. The van der Waals surface area contributed by atoms with Crippen LogP contribution in [0.1, 0.15) is 28.9 Å². The van der Waals surface area contributed by atoms with Crippen LogP contribution in [0.2, 0.25) is 0 Å². The summed E-state index contributed by atoms with van der Waals surface area (Å²) in [7, 11) is 1.46. The number of halogens is 4. The highest BCUT2D eigenvalue weighted by atomic mass is 127. The van der Waals surface area contributed by atoms with Gasteiger partial charge in [-0.25, -0.2) is 4.79 Å². The first-order valence-electron chi connectivity index (χ1n) is 7.40. The molecule has 2 atom stereocenters. The molecule has 0 radical (unpaired) electrons. The Morgan fingerprint density at radius 3 is 2.20 bits per heavy atom. The Hall–Kier alpha value is -1.77. The van der Waals surface area contributed by atoms with E-state index < -0.39 is 24.2 Å². The number of hydrogen-bond donors (Lipinski definition) is 0. The molecule has 0 aromatic heterocycles. The van der Waals surface area contributed by atoms with Crippen molar-refractivity contribution < 1.29 is 27.4 Å². The van der Waals surface area contributed by atoms with Gasteiger partial charge in [-0.2, -0.15) is 13.2 Å². The number of esters is 1. The van der Waals surface area contributed by atoms with Gasteiger partial charge in [0.25, 0.3) is 0 Å². The molecule has 0 aliphatic heterocycles. The van der Waals surface area contributed by atoms with E-state index in [4.69, 9.17) is 9.47 Å². The Morgan fingerprint density at radius 2 is 1.68 bits per heavy atom. The minimum Gasteiger partial charge on any atom is -0.497 e. The normalized spacial score (nSPS) is 13.8. The van der Waals surface area contributed by atoms with E-state index in [9.17, 15) is 18.0 Å². The topological polar surface area (TPSA) is 35.5 Å². The number of hydrogen-bond acceptors (Lipinski definition) is 3. The zero-order chi connectivity index (χ0) is 18.6. The van der Waals surface area contributed by atoms with Crippen molar-refractivity contribution in [2.75, 3.05) is 7.11 Å². The number of methoxy groups -OCH3 is 1. The summed E-state index contributed by atoms with van der Waals surface area (Å²) in [5.41, 5.74) is 0.487. The summed E-state index contributed by atoms with van der Waals surface area (Å²) in [6.07, 6.45) is -5.95. The van der Waals surface area contributed by atoms with E-state index in [-0.39, 0.29) is 11.1 Å². The quantitative estimate of drug-likeness (QED) is 0.440. The summed E-state index contributed by atoms with van der Waals surface area (Å²) in [6, 6.07) is 12.6. The van der Waals surface area contributed by atoms with Gasteiger partial charge in [-0.05, 0) is 59.3 Å². The standard InChI is InChI=1S/C18H16F3IO3/c1-11(18(19,20)21)16(12-7-9-13(24-2)10-8-12)25-17(23)14-5-3-4-6-15(14)22/h3-11,16H,1-2H3. The zero-order valence-electron chi connectivity index (χ0n) is 13.5. The Bertz CT molecular complexity index is 729. The molecule has 0 saturated carbocycles. The fourth-order valence-electron chi connectivity index (χ4n) is 2.23. The third kappa shape index (κ3) is 4.87. The van der Waals surface area contributed by atoms with Crippen molar-refractivity contribution in [3.05, 3.63) is 63.2 Å². The van der Waals surface area contributed by atoms with Crippen LogP contribution in [-0.2, 0) is 4.74 Å². The Labute approximate surface area is 157 Å². The van der Waals surface area contributed by atoms with Gasteiger partial charge in [0.1, 0.15) is 11.9 Å². The van der Waals surface area contributed by atoms with E-state index in [1.165, 1.54) is 37.4 Å². The molecule has 3 nitrogen and oxygen atoms in total. The van der Waals surface area contributed by atoms with Gasteiger partial charge in [0.15, 0.2) is 0 Å². The first-order chi connectivity index (χ1) is 11.7. The van der Waals surface area contributed by atoms with E-state index in [0.29, 0.717) is 9.32 Å². The molecule has 2 aromatic carbocycles. The zero-order valence-corrected chi connectivity index (χ0v) is 15.7. The molecule has 0 bridgehead atoms. The Morgan fingerprint density at radius 1 is 1.08 bits per heavy atom. The average molecular weight is 464 g/mol. The molecule has 0 spiro atoms. The molecule has 0 N–H and O–H groups in total. The lowest BCUT2D eigenvalue weighted by Crippen LogP contribution is -2.29. The largest absolute Gasteiger partial charge is 0.497 e. The van der Waals surface area contributed by atoms with Crippen LogP contribution in [0.5, 0.6) is 5.75 Å². The van der Waals surface area contributed by atoms with Gasteiger partial charge in [-0.1, -0.05) is 24.3 Å². The van der Waals surface area contributed by atoms with Crippen molar-refractivity contribution in [2.45, 2.75) is 19.2 Å². The molecule has 0 amide bonds. The van der Waals surface area contributed by atoms with Gasteiger partial charge >= 0.3 is 12.1 Å². The molecule has 0 heterocycles. The lowest BCUT2D eigenvalue weighted by Gasteiger charge is -2.26. The smallest absolute Gasteiger partial charge is 0.395 e. The third-order valence-electron chi connectivity index (χ3n) is 3.74. The number of benzene rings is 2.